The molecule has 0 aromatic carbocycles. The average Bonchev–Trinajstić information content (AvgIpc) is 2.06. The smallest absolute Gasteiger partial charge is 0.410 e. The zero-order valence-corrected chi connectivity index (χ0v) is 10.8. The second-order valence-electron chi connectivity index (χ2n) is 5.38. The van der Waals surface area contributed by atoms with Gasteiger partial charge in [0.25, 0.3) is 0 Å². The van der Waals surface area contributed by atoms with Gasteiger partial charge in [0.2, 0.25) is 5.91 Å². The van der Waals surface area contributed by atoms with Gasteiger partial charge in [-0.3, -0.25) is 4.79 Å². The Morgan fingerprint density at radius 1 is 1.41 bits per heavy atom. The van der Waals surface area contributed by atoms with Gasteiger partial charge in [-0.15, -0.1) is 0 Å². The Morgan fingerprint density at radius 3 is 2.35 bits per heavy atom. The van der Waals surface area contributed by atoms with Crippen molar-refractivity contribution in [2.45, 2.75) is 45.4 Å². The fourth-order valence-corrected chi connectivity index (χ4v) is 1.38. The Kier molecular flexibility index (Phi) is 3.98. The Hall–Kier alpha value is -1.30. The third kappa shape index (κ3) is 4.22. The average molecular weight is 243 g/mol. The van der Waals surface area contributed by atoms with Crippen LogP contribution in [0.2, 0.25) is 0 Å². The standard InChI is InChI=1S/C11H21N3O3/c1-7(12)9(15)13-8-5-14(6-8)10(16)17-11(2,3)4/h7-8H,5-6,12H2,1-4H3,(H,13,15)/t7-/m1/s1. The number of hydrogen-bond donors (Lipinski definition) is 2. The van der Waals surface area contributed by atoms with E-state index in [1.165, 1.54) is 0 Å². The molecule has 0 radical (unpaired) electrons. The fraction of sp³-hybridized carbons (Fsp3) is 0.818. The van der Waals surface area contributed by atoms with E-state index in [9.17, 15) is 9.59 Å². The van der Waals surface area contributed by atoms with Crippen molar-refractivity contribution in [2.24, 2.45) is 5.73 Å². The van der Waals surface area contributed by atoms with E-state index in [0.29, 0.717) is 13.1 Å². The molecule has 0 aromatic rings. The maximum absolute atomic E-state index is 11.6. The van der Waals surface area contributed by atoms with E-state index in [-0.39, 0.29) is 18.0 Å². The molecule has 1 heterocycles. The van der Waals surface area contributed by atoms with Gasteiger partial charge in [0.15, 0.2) is 0 Å². The van der Waals surface area contributed by atoms with Crippen LogP contribution in [0.4, 0.5) is 4.79 Å². The molecule has 6 nitrogen and oxygen atoms in total. The summed E-state index contributed by atoms with van der Waals surface area (Å²) in [4.78, 5) is 24.4. The summed E-state index contributed by atoms with van der Waals surface area (Å²) in [6, 6.07) is -0.536. The summed E-state index contributed by atoms with van der Waals surface area (Å²) in [5, 5.41) is 2.75. The van der Waals surface area contributed by atoms with Crippen molar-refractivity contribution in [1.29, 1.82) is 0 Å². The normalized spacial score (nSPS) is 18.3. The molecule has 0 saturated carbocycles. The number of carbonyl (C=O) groups excluding carboxylic acids is 2. The Labute approximate surface area is 101 Å². The van der Waals surface area contributed by atoms with Gasteiger partial charge in [-0.05, 0) is 27.7 Å². The molecule has 0 bridgehead atoms. The van der Waals surface area contributed by atoms with E-state index in [4.69, 9.17) is 10.5 Å². The van der Waals surface area contributed by atoms with Gasteiger partial charge in [-0.1, -0.05) is 0 Å². The predicted octanol–water partition coefficient (Wildman–Crippen LogP) is 0.0691. The second-order valence-corrected chi connectivity index (χ2v) is 5.38. The Balaban J connectivity index is 2.28. The molecule has 3 N–H and O–H groups in total. The molecule has 17 heavy (non-hydrogen) atoms. The highest BCUT2D eigenvalue weighted by Crippen LogP contribution is 2.15. The van der Waals surface area contributed by atoms with Crippen LogP contribution in [0.5, 0.6) is 0 Å². The molecular formula is C11H21N3O3. The van der Waals surface area contributed by atoms with E-state index < -0.39 is 11.6 Å². The molecule has 0 unspecified atom stereocenters. The van der Waals surface area contributed by atoms with Crippen LogP contribution < -0.4 is 11.1 Å². The summed E-state index contributed by atoms with van der Waals surface area (Å²) in [7, 11) is 0. The second kappa shape index (κ2) is 4.91. The summed E-state index contributed by atoms with van der Waals surface area (Å²) in [5.74, 6) is -0.196. The van der Waals surface area contributed by atoms with Gasteiger partial charge in [-0.25, -0.2) is 4.79 Å². The number of likely N-dealkylation sites (tertiary alicyclic amines) is 1. The van der Waals surface area contributed by atoms with Gasteiger partial charge in [-0.2, -0.15) is 0 Å². The lowest BCUT2D eigenvalue weighted by Crippen LogP contribution is -2.63. The van der Waals surface area contributed by atoms with Crippen LogP contribution in [0.15, 0.2) is 0 Å². The van der Waals surface area contributed by atoms with Crippen LogP contribution in [-0.4, -0.2) is 47.7 Å². The number of ether oxygens (including phenoxy) is 1. The van der Waals surface area contributed by atoms with Crippen LogP contribution in [0, 0.1) is 0 Å². The molecule has 1 saturated heterocycles. The van der Waals surface area contributed by atoms with Gasteiger partial charge >= 0.3 is 6.09 Å². The van der Waals surface area contributed by atoms with Crippen molar-refractivity contribution in [2.75, 3.05) is 13.1 Å². The van der Waals surface area contributed by atoms with Gasteiger partial charge < -0.3 is 20.7 Å². The lowest BCUT2D eigenvalue weighted by molar-refractivity contribution is -0.123. The number of rotatable bonds is 2. The molecule has 0 spiro atoms. The maximum Gasteiger partial charge on any atom is 0.410 e. The number of nitrogens with one attached hydrogen (secondary N) is 1. The monoisotopic (exact) mass is 243 g/mol. The summed E-state index contributed by atoms with van der Waals surface area (Å²) in [5.41, 5.74) is 4.93. The Morgan fingerprint density at radius 2 is 1.94 bits per heavy atom. The van der Waals surface area contributed by atoms with Gasteiger partial charge in [0, 0.05) is 13.1 Å². The number of nitrogens with zero attached hydrogens (tertiary/aromatic N) is 1. The highest BCUT2D eigenvalue weighted by molar-refractivity contribution is 5.81. The van der Waals surface area contributed by atoms with E-state index in [2.05, 4.69) is 5.32 Å². The summed E-state index contributed by atoms with van der Waals surface area (Å²) in [6.07, 6.45) is -0.344. The summed E-state index contributed by atoms with van der Waals surface area (Å²) < 4.78 is 5.19. The first-order chi connectivity index (χ1) is 7.69. The SMILES string of the molecule is C[C@@H](N)C(=O)NC1CN(C(=O)OC(C)(C)C)C1. The first-order valence-electron chi connectivity index (χ1n) is 5.73. The molecule has 0 aliphatic carbocycles. The van der Waals surface area contributed by atoms with Crippen LogP contribution in [-0.2, 0) is 9.53 Å². The minimum atomic E-state index is -0.523. The van der Waals surface area contributed by atoms with Crippen LogP contribution in [0.3, 0.4) is 0 Å². The van der Waals surface area contributed by atoms with Crippen molar-refractivity contribution >= 4 is 12.0 Å². The zero-order chi connectivity index (χ0) is 13.2. The number of nitrogens with two attached hydrogens (primary N) is 1. The van der Waals surface area contributed by atoms with Crippen LogP contribution in [0.1, 0.15) is 27.7 Å². The quantitative estimate of drug-likeness (QED) is 0.718. The molecular weight excluding hydrogens is 222 g/mol. The first kappa shape index (κ1) is 13.8. The third-order valence-electron chi connectivity index (χ3n) is 2.29. The van der Waals surface area contributed by atoms with Gasteiger partial charge in [0.1, 0.15) is 5.60 Å². The van der Waals surface area contributed by atoms with Crippen LogP contribution in [0.25, 0.3) is 0 Å². The first-order valence-corrected chi connectivity index (χ1v) is 5.73. The number of amides is 2. The van der Waals surface area contributed by atoms with E-state index in [0.717, 1.165) is 0 Å². The highest BCUT2D eigenvalue weighted by Gasteiger charge is 2.34. The topological polar surface area (TPSA) is 84.7 Å². The Bertz CT molecular complexity index is 304. The molecule has 1 aliphatic heterocycles. The molecule has 0 aromatic heterocycles. The lowest BCUT2D eigenvalue weighted by atomic mass is 10.1. The minimum Gasteiger partial charge on any atom is -0.444 e. The molecule has 1 fully saturated rings. The number of carbonyl (C=O) groups is 2. The largest absolute Gasteiger partial charge is 0.444 e. The molecule has 1 aliphatic rings. The minimum absolute atomic E-state index is 0.0129. The van der Waals surface area contributed by atoms with Crippen molar-refractivity contribution in [3.8, 4) is 0 Å². The molecule has 98 valence electrons. The van der Waals surface area contributed by atoms with Crippen LogP contribution >= 0.6 is 0 Å². The van der Waals surface area contributed by atoms with E-state index >= 15 is 0 Å². The maximum atomic E-state index is 11.6. The summed E-state index contributed by atoms with van der Waals surface area (Å²) in [6.45, 7) is 8.04. The van der Waals surface area contributed by atoms with Crippen molar-refractivity contribution in [3.63, 3.8) is 0 Å². The molecule has 6 heteroatoms. The summed E-state index contributed by atoms with van der Waals surface area (Å²) >= 11 is 0. The zero-order valence-electron chi connectivity index (χ0n) is 10.8. The third-order valence-corrected chi connectivity index (χ3v) is 2.29. The fourth-order valence-electron chi connectivity index (χ4n) is 1.38. The van der Waals surface area contributed by atoms with E-state index in [1.54, 1.807) is 11.8 Å². The molecule has 2 amide bonds. The number of hydrogen-bond acceptors (Lipinski definition) is 4. The van der Waals surface area contributed by atoms with Crippen molar-refractivity contribution in [3.05, 3.63) is 0 Å². The van der Waals surface area contributed by atoms with E-state index in [1.807, 2.05) is 20.8 Å². The lowest BCUT2D eigenvalue weighted by Gasteiger charge is -2.40. The predicted molar refractivity (Wildman–Crippen MR) is 63.4 cm³/mol. The molecule has 1 atom stereocenters. The van der Waals surface area contributed by atoms with Crippen molar-refractivity contribution in [1.82, 2.24) is 10.2 Å². The van der Waals surface area contributed by atoms with Crippen molar-refractivity contribution < 1.29 is 14.3 Å². The highest BCUT2D eigenvalue weighted by atomic mass is 16.6. The van der Waals surface area contributed by atoms with Gasteiger partial charge in [0.05, 0.1) is 12.1 Å². The molecule has 1 rings (SSSR count).